The summed E-state index contributed by atoms with van der Waals surface area (Å²) in [7, 11) is 0. The normalized spacial score (nSPS) is 15.4. The molecule has 1 aromatic carbocycles. The van der Waals surface area contributed by atoms with Crippen molar-refractivity contribution in [1.29, 1.82) is 0 Å². The van der Waals surface area contributed by atoms with Crippen LogP contribution in [0, 0.1) is 17.0 Å². The van der Waals surface area contributed by atoms with Crippen LogP contribution in [-0.4, -0.2) is 40.5 Å². The minimum absolute atomic E-state index is 0.104. The van der Waals surface area contributed by atoms with Gasteiger partial charge in [0.15, 0.2) is 0 Å². The molecule has 0 atom stereocenters. The monoisotopic (exact) mass is 353 g/mol. The average molecular weight is 353 g/mol. The molecule has 0 unspecified atom stereocenters. The largest absolute Gasteiger partial charge is 0.337 e. The van der Waals surface area contributed by atoms with E-state index in [1.54, 1.807) is 29.2 Å². The summed E-state index contributed by atoms with van der Waals surface area (Å²) in [5, 5.41) is 13.3. The molecule has 0 bridgehead atoms. The summed E-state index contributed by atoms with van der Waals surface area (Å²) in [5.41, 5.74) is 5.22. The number of aryl methyl sites for hydroxylation is 1. The van der Waals surface area contributed by atoms with Gasteiger partial charge < -0.3 is 10.2 Å². The summed E-state index contributed by atoms with van der Waals surface area (Å²) >= 11 is 0. The van der Waals surface area contributed by atoms with Gasteiger partial charge in [-0.15, -0.1) is 0 Å². The van der Waals surface area contributed by atoms with E-state index in [1.807, 2.05) is 0 Å². The number of aromatic nitrogens is 2. The first-order valence-electron chi connectivity index (χ1n) is 8.99. The molecule has 7 nitrogen and oxygen atoms in total. The van der Waals surface area contributed by atoms with Crippen LogP contribution in [0.5, 0.6) is 0 Å². The number of hydrogen-bond acceptors (Lipinski definition) is 3. The first-order chi connectivity index (χ1) is 12.6. The second-order valence-electron chi connectivity index (χ2n) is 6.94. The molecule has 3 aromatic rings. The van der Waals surface area contributed by atoms with Gasteiger partial charge in [-0.1, -0.05) is 0 Å². The molecule has 0 radical (unpaired) electrons. The van der Waals surface area contributed by atoms with Crippen molar-refractivity contribution in [2.75, 3.05) is 26.2 Å². The molecular weight excluding hydrogens is 330 g/mol. The Balaban J connectivity index is 1.78. The molecule has 2 aromatic heterocycles. The number of imidazole rings is 1. The molecule has 0 aliphatic carbocycles. The summed E-state index contributed by atoms with van der Waals surface area (Å²) in [5.74, 6) is 0. The number of benzene rings is 1. The fourth-order valence-electron chi connectivity index (χ4n) is 3.63. The van der Waals surface area contributed by atoms with E-state index in [4.69, 9.17) is 4.98 Å². The Bertz CT molecular complexity index is 942. The highest BCUT2D eigenvalue weighted by Crippen LogP contribution is 2.26. The third-order valence-electron chi connectivity index (χ3n) is 5.05. The number of pyridine rings is 1. The number of non-ortho nitro benzene ring substituents is 1. The summed E-state index contributed by atoms with van der Waals surface area (Å²) < 4.78 is 2.16. The van der Waals surface area contributed by atoms with Crippen LogP contribution in [0.2, 0.25) is 0 Å². The van der Waals surface area contributed by atoms with Crippen molar-refractivity contribution in [3.8, 4) is 11.3 Å². The lowest BCUT2D eigenvalue weighted by Crippen LogP contribution is -3.19. The van der Waals surface area contributed by atoms with E-state index >= 15 is 0 Å². The predicted octanol–water partition coefficient (Wildman–Crippen LogP) is 0.180. The van der Waals surface area contributed by atoms with Gasteiger partial charge in [0, 0.05) is 23.9 Å². The lowest BCUT2D eigenvalue weighted by Gasteiger charge is -2.22. The van der Waals surface area contributed by atoms with E-state index in [2.05, 4.69) is 35.0 Å². The third kappa shape index (κ3) is 3.18. The fraction of sp³-hybridized carbons (Fsp3) is 0.316. The maximum atomic E-state index is 10.9. The van der Waals surface area contributed by atoms with Crippen molar-refractivity contribution >= 4 is 11.3 Å². The summed E-state index contributed by atoms with van der Waals surface area (Å²) in [6.07, 6.45) is 2.08. The van der Waals surface area contributed by atoms with Crippen LogP contribution in [-0.2, 0) is 6.54 Å². The number of fused-ring (bicyclic) bond motifs is 1. The van der Waals surface area contributed by atoms with Crippen LogP contribution in [0.25, 0.3) is 16.9 Å². The average Bonchev–Trinajstić information content (AvgIpc) is 3.00. The van der Waals surface area contributed by atoms with Gasteiger partial charge in [-0.2, -0.15) is 0 Å². The van der Waals surface area contributed by atoms with Crippen LogP contribution in [0.3, 0.4) is 0 Å². The Kier molecular flexibility index (Phi) is 4.40. The molecule has 0 spiro atoms. The molecule has 1 saturated heterocycles. The van der Waals surface area contributed by atoms with Crippen LogP contribution >= 0.6 is 0 Å². The Morgan fingerprint density at radius 1 is 1.23 bits per heavy atom. The fourth-order valence-corrected chi connectivity index (χ4v) is 3.63. The molecule has 1 aliphatic rings. The molecule has 3 heterocycles. The van der Waals surface area contributed by atoms with Crippen LogP contribution < -0.4 is 10.2 Å². The molecule has 26 heavy (non-hydrogen) atoms. The molecular formula is C19H23N5O2+2. The Morgan fingerprint density at radius 2 is 1.96 bits per heavy atom. The molecule has 1 aliphatic heterocycles. The highest BCUT2D eigenvalue weighted by molar-refractivity contribution is 5.67. The second kappa shape index (κ2) is 6.86. The molecule has 0 saturated carbocycles. The summed E-state index contributed by atoms with van der Waals surface area (Å²) in [6, 6.07) is 10.9. The Labute approximate surface area is 151 Å². The van der Waals surface area contributed by atoms with Crippen molar-refractivity contribution in [3.63, 3.8) is 0 Å². The van der Waals surface area contributed by atoms with Gasteiger partial charge in [0.1, 0.15) is 44.1 Å². The van der Waals surface area contributed by atoms with Gasteiger partial charge in [-0.25, -0.2) is 4.98 Å². The van der Waals surface area contributed by atoms with Crippen molar-refractivity contribution in [2.45, 2.75) is 13.5 Å². The van der Waals surface area contributed by atoms with E-state index in [9.17, 15) is 10.1 Å². The standard InChI is InChI=1S/C19H21N5O2/c1-14-6-9-23-17(13-22-10-7-20-8-11-22)19(21-18(23)12-14)15-2-4-16(5-3-15)24(25)26/h2-6,9,12,20H,7-8,10-11,13H2,1H3/p+2. The second-order valence-corrected chi connectivity index (χ2v) is 6.94. The molecule has 134 valence electrons. The zero-order valence-corrected chi connectivity index (χ0v) is 14.8. The van der Waals surface area contributed by atoms with Crippen molar-refractivity contribution in [3.05, 3.63) is 64.0 Å². The van der Waals surface area contributed by atoms with Crippen molar-refractivity contribution in [1.82, 2.24) is 9.38 Å². The third-order valence-corrected chi connectivity index (χ3v) is 5.05. The van der Waals surface area contributed by atoms with E-state index in [-0.39, 0.29) is 10.6 Å². The predicted molar refractivity (Wildman–Crippen MR) is 98.1 cm³/mol. The SMILES string of the molecule is Cc1ccn2c(C[NH+]3CC[NH2+]CC3)c(-c3ccc([N+](=O)[O-])cc3)nc2c1. The van der Waals surface area contributed by atoms with Crippen LogP contribution in [0.1, 0.15) is 11.3 Å². The molecule has 1 fully saturated rings. The van der Waals surface area contributed by atoms with Gasteiger partial charge in [0.2, 0.25) is 0 Å². The molecule has 3 N–H and O–H groups in total. The lowest BCUT2D eigenvalue weighted by molar-refractivity contribution is -0.958. The van der Waals surface area contributed by atoms with Gasteiger partial charge in [0.05, 0.1) is 10.6 Å². The lowest BCUT2D eigenvalue weighted by atomic mass is 10.1. The van der Waals surface area contributed by atoms with Gasteiger partial charge in [-0.3, -0.25) is 14.5 Å². The molecule has 7 heteroatoms. The highest BCUT2D eigenvalue weighted by atomic mass is 16.6. The molecule has 0 amide bonds. The van der Waals surface area contributed by atoms with Crippen LogP contribution in [0.4, 0.5) is 5.69 Å². The Hall–Kier alpha value is -2.77. The number of nitro benzene ring substituents is 1. The Morgan fingerprint density at radius 3 is 2.65 bits per heavy atom. The zero-order valence-electron chi connectivity index (χ0n) is 14.8. The van der Waals surface area contributed by atoms with E-state index < -0.39 is 0 Å². The minimum atomic E-state index is -0.369. The number of hydrogen-bond donors (Lipinski definition) is 2. The zero-order chi connectivity index (χ0) is 18.1. The quantitative estimate of drug-likeness (QED) is 0.519. The first kappa shape index (κ1) is 16.7. The van der Waals surface area contributed by atoms with Gasteiger partial charge >= 0.3 is 0 Å². The van der Waals surface area contributed by atoms with E-state index in [0.717, 1.165) is 49.6 Å². The number of nitrogens with zero attached hydrogens (tertiary/aromatic N) is 3. The van der Waals surface area contributed by atoms with Crippen molar-refractivity contribution in [2.24, 2.45) is 0 Å². The maximum Gasteiger partial charge on any atom is 0.269 e. The number of nitrogens with two attached hydrogens (primary N) is 1. The maximum absolute atomic E-state index is 10.9. The summed E-state index contributed by atoms with van der Waals surface area (Å²) in [6.45, 7) is 7.55. The number of nitrogens with one attached hydrogen (secondary N) is 1. The van der Waals surface area contributed by atoms with Crippen molar-refractivity contribution < 1.29 is 15.1 Å². The number of piperazine rings is 1. The number of quaternary nitrogens is 2. The number of nitro groups is 1. The first-order valence-corrected chi connectivity index (χ1v) is 8.99. The number of rotatable bonds is 4. The summed E-state index contributed by atoms with van der Waals surface area (Å²) in [4.78, 5) is 17.0. The molecule has 4 rings (SSSR count). The minimum Gasteiger partial charge on any atom is -0.337 e. The topological polar surface area (TPSA) is 81.5 Å². The van der Waals surface area contributed by atoms with Gasteiger partial charge in [-0.05, 0) is 36.8 Å². The smallest absolute Gasteiger partial charge is 0.269 e. The highest BCUT2D eigenvalue weighted by Gasteiger charge is 2.22. The van der Waals surface area contributed by atoms with Crippen LogP contribution in [0.15, 0.2) is 42.6 Å². The van der Waals surface area contributed by atoms with E-state index in [1.165, 1.54) is 11.3 Å². The van der Waals surface area contributed by atoms with E-state index in [0.29, 0.717) is 0 Å². The van der Waals surface area contributed by atoms with Gasteiger partial charge in [0.25, 0.3) is 5.69 Å².